The van der Waals surface area contributed by atoms with E-state index >= 15 is 0 Å². The van der Waals surface area contributed by atoms with Gasteiger partial charge in [-0.05, 0) is 30.5 Å². The maximum atomic E-state index is 11.5. The minimum absolute atomic E-state index is 0.0154. The fourth-order valence-corrected chi connectivity index (χ4v) is 3.32. The molecule has 0 amide bonds. The zero-order valence-electron chi connectivity index (χ0n) is 13.6. The van der Waals surface area contributed by atoms with E-state index in [0.29, 0.717) is 0 Å². The van der Waals surface area contributed by atoms with Crippen molar-refractivity contribution < 1.29 is 23.8 Å². The minimum Gasteiger partial charge on any atom is -0.496 e. The van der Waals surface area contributed by atoms with Gasteiger partial charge >= 0.3 is 11.9 Å². The summed E-state index contributed by atoms with van der Waals surface area (Å²) in [4.78, 5) is 22.9. The highest BCUT2D eigenvalue weighted by molar-refractivity contribution is 5.69. The molecular weight excluding hydrogens is 284 g/mol. The Labute approximate surface area is 130 Å². The Balaban J connectivity index is 2.55. The van der Waals surface area contributed by atoms with Crippen LogP contribution in [0.3, 0.4) is 0 Å². The normalized spacial score (nSPS) is 22.9. The highest BCUT2D eigenvalue weighted by Gasteiger charge is 2.45. The molecule has 0 saturated carbocycles. The molecule has 120 valence electrons. The third-order valence-electron chi connectivity index (χ3n) is 4.13. The van der Waals surface area contributed by atoms with Gasteiger partial charge in [0.25, 0.3) is 0 Å². The molecule has 1 aliphatic rings. The second kappa shape index (κ2) is 6.38. The summed E-state index contributed by atoms with van der Waals surface area (Å²) in [6, 6.07) is 3.74. The number of rotatable bonds is 4. The van der Waals surface area contributed by atoms with Crippen LogP contribution in [0.15, 0.2) is 12.1 Å². The molecule has 0 aliphatic heterocycles. The van der Waals surface area contributed by atoms with Crippen LogP contribution >= 0.6 is 0 Å². The van der Waals surface area contributed by atoms with Gasteiger partial charge in [0, 0.05) is 25.3 Å². The van der Waals surface area contributed by atoms with Crippen LogP contribution in [-0.4, -0.2) is 25.2 Å². The summed E-state index contributed by atoms with van der Waals surface area (Å²) in [7, 11) is 1.62. The molecule has 0 fully saturated rings. The number of hydrogen-bond acceptors (Lipinski definition) is 5. The summed E-state index contributed by atoms with van der Waals surface area (Å²) < 4.78 is 16.3. The zero-order valence-corrected chi connectivity index (χ0v) is 13.6. The lowest BCUT2D eigenvalue weighted by molar-refractivity contribution is -0.166. The smallest absolute Gasteiger partial charge is 0.303 e. The van der Waals surface area contributed by atoms with Gasteiger partial charge in [0.15, 0.2) is 6.10 Å². The van der Waals surface area contributed by atoms with Crippen molar-refractivity contribution in [1.82, 2.24) is 0 Å². The number of ether oxygens (including phenoxy) is 3. The number of fused-ring (bicyclic) bond motifs is 1. The van der Waals surface area contributed by atoms with E-state index in [1.54, 1.807) is 7.11 Å². The number of methoxy groups -OCH3 is 1. The Morgan fingerprint density at radius 1 is 1.14 bits per heavy atom. The Hall–Kier alpha value is -2.04. The van der Waals surface area contributed by atoms with E-state index in [1.807, 2.05) is 26.0 Å². The summed E-state index contributed by atoms with van der Waals surface area (Å²) in [6.45, 7) is 6.73. The quantitative estimate of drug-likeness (QED) is 0.800. The van der Waals surface area contributed by atoms with Crippen molar-refractivity contribution in [3.63, 3.8) is 0 Å². The van der Waals surface area contributed by atoms with Crippen molar-refractivity contribution in [3.05, 3.63) is 28.8 Å². The molecule has 5 nitrogen and oxygen atoms in total. The average Bonchev–Trinajstić information content (AvgIpc) is 2.72. The Morgan fingerprint density at radius 2 is 1.77 bits per heavy atom. The highest BCUT2D eigenvalue weighted by atomic mass is 16.6. The first-order chi connectivity index (χ1) is 10.4. The van der Waals surface area contributed by atoms with Crippen LogP contribution < -0.4 is 4.74 Å². The monoisotopic (exact) mass is 306 g/mol. The Kier molecular flexibility index (Phi) is 4.74. The molecule has 0 aromatic heterocycles. The van der Waals surface area contributed by atoms with Crippen LogP contribution in [0.4, 0.5) is 0 Å². The summed E-state index contributed by atoms with van der Waals surface area (Å²) in [5.74, 6) is -0.00282. The van der Waals surface area contributed by atoms with Crippen molar-refractivity contribution in [2.75, 3.05) is 7.11 Å². The van der Waals surface area contributed by atoms with E-state index in [4.69, 9.17) is 14.2 Å². The lowest BCUT2D eigenvalue weighted by Gasteiger charge is -2.24. The summed E-state index contributed by atoms with van der Waals surface area (Å²) in [5, 5.41) is 0. The van der Waals surface area contributed by atoms with Crippen LogP contribution in [0.2, 0.25) is 0 Å². The van der Waals surface area contributed by atoms with Gasteiger partial charge in [0.2, 0.25) is 0 Å². The second-order valence-corrected chi connectivity index (χ2v) is 5.51. The maximum Gasteiger partial charge on any atom is 0.303 e. The topological polar surface area (TPSA) is 61.8 Å². The lowest BCUT2D eigenvalue weighted by atomic mass is 9.93. The van der Waals surface area contributed by atoms with Crippen molar-refractivity contribution >= 4 is 11.9 Å². The molecule has 0 spiro atoms. The summed E-state index contributed by atoms with van der Waals surface area (Å²) in [6.07, 6.45) is -0.283. The molecule has 1 aliphatic carbocycles. The van der Waals surface area contributed by atoms with Gasteiger partial charge in [0.05, 0.1) is 7.11 Å². The van der Waals surface area contributed by atoms with E-state index in [-0.39, 0.29) is 11.9 Å². The van der Waals surface area contributed by atoms with Gasteiger partial charge in [-0.15, -0.1) is 0 Å². The zero-order chi connectivity index (χ0) is 16.4. The third-order valence-corrected chi connectivity index (χ3v) is 4.13. The van der Waals surface area contributed by atoms with Gasteiger partial charge in [-0.1, -0.05) is 13.0 Å². The number of carbonyl (C=O) groups excluding carboxylic acids is 2. The molecule has 1 aromatic carbocycles. The van der Waals surface area contributed by atoms with Crippen molar-refractivity contribution in [2.24, 2.45) is 0 Å². The second-order valence-electron chi connectivity index (χ2n) is 5.51. The van der Waals surface area contributed by atoms with Gasteiger partial charge < -0.3 is 14.2 Å². The van der Waals surface area contributed by atoms with Gasteiger partial charge in [-0.2, -0.15) is 0 Å². The lowest BCUT2D eigenvalue weighted by Crippen LogP contribution is -2.27. The molecule has 22 heavy (non-hydrogen) atoms. The Morgan fingerprint density at radius 3 is 2.27 bits per heavy atom. The molecule has 0 N–H and O–H groups in total. The molecule has 5 heteroatoms. The van der Waals surface area contributed by atoms with Gasteiger partial charge in [-0.3, -0.25) is 9.59 Å². The minimum atomic E-state index is -0.564. The standard InChI is InChI=1S/C17H22O5/c1-6-12-15-9(2)14(20-5)8-7-13(15)17(22-11(4)19)16(12)21-10(3)18/h7-8,12,16-17H,6H2,1-5H3. The molecule has 3 unspecified atom stereocenters. The molecule has 0 radical (unpaired) electrons. The molecule has 0 saturated heterocycles. The predicted octanol–water partition coefficient (Wildman–Crippen LogP) is 3.05. The molecule has 0 heterocycles. The SMILES string of the molecule is CCC1c2c(ccc(OC)c2C)C(OC(C)=O)C1OC(C)=O. The molecule has 0 bridgehead atoms. The molecule has 2 rings (SSSR count). The number of hydrogen-bond donors (Lipinski definition) is 0. The van der Waals surface area contributed by atoms with Gasteiger partial charge in [0.1, 0.15) is 11.9 Å². The predicted molar refractivity (Wildman–Crippen MR) is 80.8 cm³/mol. The summed E-state index contributed by atoms with van der Waals surface area (Å²) in [5.41, 5.74) is 2.95. The van der Waals surface area contributed by atoms with Crippen molar-refractivity contribution in [3.8, 4) is 5.75 Å². The highest BCUT2D eigenvalue weighted by Crippen LogP contribution is 2.49. The largest absolute Gasteiger partial charge is 0.496 e. The van der Waals surface area contributed by atoms with Crippen molar-refractivity contribution in [2.45, 2.75) is 52.2 Å². The fourth-order valence-electron chi connectivity index (χ4n) is 3.32. The first kappa shape index (κ1) is 16.3. The fraction of sp³-hybridized carbons (Fsp3) is 0.529. The first-order valence-electron chi connectivity index (χ1n) is 7.42. The van der Waals surface area contributed by atoms with Crippen LogP contribution in [0.1, 0.15) is 55.9 Å². The number of benzene rings is 1. The van der Waals surface area contributed by atoms with E-state index < -0.39 is 18.2 Å². The van der Waals surface area contributed by atoms with E-state index in [0.717, 1.165) is 28.9 Å². The van der Waals surface area contributed by atoms with E-state index in [9.17, 15) is 9.59 Å². The summed E-state index contributed by atoms with van der Waals surface area (Å²) >= 11 is 0. The van der Waals surface area contributed by atoms with Crippen LogP contribution in [0.25, 0.3) is 0 Å². The molecule has 1 aromatic rings. The number of carbonyl (C=O) groups is 2. The first-order valence-corrected chi connectivity index (χ1v) is 7.42. The average molecular weight is 306 g/mol. The van der Waals surface area contributed by atoms with E-state index in [2.05, 4.69) is 0 Å². The maximum absolute atomic E-state index is 11.5. The van der Waals surface area contributed by atoms with Gasteiger partial charge in [-0.25, -0.2) is 0 Å². The third kappa shape index (κ3) is 2.80. The molecular formula is C17H22O5. The molecule has 3 atom stereocenters. The Bertz CT molecular complexity index is 593. The van der Waals surface area contributed by atoms with Crippen LogP contribution in [-0.2, 0) is 19.1 Å². The van der Waals surface area contributed by atoms with Crippen LogP contribution in [0, 0.1) is 6.92 Å². The van der Waals surface area contributed by atoms with Crippen LogP contribution in [0.5, 0.6) is 5.75 Å². The van der Waals surface area contributed by atoms with Crippen molar-refractivity contribution in [1.29, 1.82) is 0 Å². The van der Waals surface area contributed by atoms with E-state index in [1.165, 1.54) is 13.8 Å². The number of esters is 2.